The number of carbonyl (C=O) groups is 2. The molecule has 2 N–H and O–H groups in total. The highest BCUT2D eigenvalue weighted by molar-refractivity contribution is 5.99. The standard InChI is InChI=1S/C18H20N4O4/c1-19-17(24)14-7-12(16(23)21-13-4-5-13)10-22(18(14)25)9-11-3-6-15(26-2)20-8-11/h3,6-8,10,13H,4-5,9H2,1-2H3,(H,19,24)(H,21,23). The number of methoxy groups -OCH3 is 1. The quantitative estimate of drug-likeness (QED) is 0.787. The van der Waals surface area contributed by atoms with Gasteiger partial charge in [0.2, 0.25) is 5.88 Å². The summed E-state index contributed by atoms with van der Waals surface area (Å²) in [7, 11) is 2.96. The second-order valence-corrected chi connectivity index (χ2v) is 6.11. The minimum Gasteiger partial charge on any atom is -0.481 e. The Bertz CT molecular complexity index is 885. The van der Waals surface area contributed by atoms with Crippen LogP contribution in [0.2, 0.25) is 0 Å². The Morgan fingerprint density at radius 2 is 2.08 bits per heavy atom. The predicted octanol–water partition coefficient (Wildman–Crippen LogP) is 0.552. The molecule has 2 amide bonds. The Hall–Kier alpha value is -3.16. The zero-order valence-electron chi connectivity index (χ0n) is 14.6. The van der Waals surface area contributed by atoms with Gasteiger partial charge in [0.1, 0.15) is 5.56 Å². The summed E-state index contributed by atoms with van der Waals surface area (Å²) in [6.45, 7) is 0.185. The number of carbonyl (C=O) groups excluding carboxylic acids is 2. The summed E-state index contributed by atoms with van der Waals surface area (Å²) >= 11 is 0. The first-order valence-electron chi connectivity index (χ1n) is 8.28. The van der Waals surface area contributed by atoms with Crippen molar-refractivity contribution in [3.8, 4) is 5.88 Å². The van der Waals surface area contributed by atoms with Crippen molar-refractivity contribution in [2.24, 2.45) is 0 Å². The van der Waals surface area contributed by atoms with E-state index in [2.05, 4.69) is 15.6 Å². The summed E-state index contributed by atoms with van der Waals surface area (Å²) in [5.41, 5.74) is 0.479. The van der Waals surface area contributed by atoms with E-state index in [0.29, 0.717) is 5.88 Å². The fourth-order valence-electron chi connectivity index (χ4n) is 2.49. The van der Waals surface area contributed by atoms with Crippen LogP contribution in [0.3, 0.4) is 0 Å². The van der Waals surface area contributed by atoms with Crippen LogP contribution in [0, 0.1) is 0 Å². The molecule has 2 heterocycles. The molecule has 136 valence electrons. The van der Waals surface area contributed by atoms with E-state index in [1.54, 1.807) is 18.3 Å². The summed E-state index contributed by atoms with van der Waals surface area (Å²) in [6.07, 6.45) is 4.95. The van der Waals surface area contributed by atoms with Gasteiger partial charge in [0.15, 0.2) is 0 Å². The van der Waals surface area contributed by atoms with Gasteiger partial charge in [-0.2, -0.15) is 0 Å². The Morgan fingerprint density at radius 3 is 2.65 bits per heavy atom. The molecule has 1 saturated carbocycles. The van der Waals surface area contributed by atoms with Gasteiger partial charge in [0.25, 0.3) is 17.4 Å². The van der Waals surface area contributed by atoms with Crippen LogP contribution >= 0.6 is 0 Å². The molecule has 1 aliphatic rings. The fourth-order valence-corrected chi connectivity index (χ4v) is 2.49. The molecule has 3 rings (SSSR count). The number of hydrogen-bond donors (Lipinski definition) is 2. The summed E-state index contributed by atoms with van der Waals surface area (Å²) in [5.74, 6) is -0.360. The van der Waals surface area contributed by atoms with Crippen LogP contribution in [0.5, 0.6) is 5.88 Å². The second-order valence-electron chi connectivity index (χ2n) is 6.11. The SMILES string of the molecule is CNC(=O)c1cc(C(=O)NC2CC2)cn(Cc2ccc(OC)nc2)c1=O. The maximum atomic E-state index is 12.6. The van der Waals surface area contributed by atoms with Crippen LogP contribution in [-0.2, 0) is 6.54 Å². The maximum Gasteiger partial charge on any atom is 0.263 e. The van der Waals surface area contributed by atoms with Crippen LogP contribution < -0.4 is 20.9 Å². The highest BCUT2D eigenvalue weighted by Gasteiger charge is 2.25. The highest BCUT2D eigenvalue weighted by atomic mass is 16.5. The van der Waals surface area contributed by atoms with Crippen molar-refractivity contribution < 1.29 is 14.3 Å². The van der Waals surface area contributed by atoms with Gasteiger partial charge >= 0.3 is 0 Å². The topological polar surface area (TPSA) is 102 Å². The van der Waals surface area contributed by atoms with Crippen molar-refractivity contribution in [3.63, 3.8) is 0 Å². The van der Waals surface area contributed by atoms with E-state index in [1.165, 1.54) is 31.0 Å². The third-order valence-corrected chi connectivity index (χ3v) is 4.09. The Kier molecular flexibility index (Phi) is 5.01. The lowest BCUT2D eigenvalue weighted by atomic mass is 10.1. The van der Waals surface area contributed by atoms with Crippen molar-refractivity contribution in [2.75, 3.05) is 14.2 Å². The lowest BCUT2D eigenvalue weighted by molar-refractivity contribution is 0.0950. The Morgan fingerprint density at radius 1 is 1.31 bits per heavy atom. The van der Waals surface area contributed by atoms with Crippen molar-refractivity contribution in [1.82, 2.24) is 20.2 Å². The number of nitrogens with one attached hydrogen (secondary N) is 2. The van der Waals surface area contributed by atoms with Gasteiger partial charge in [-0.1, -0.05) is 6.07 Å². The van der Waals surface area contributed by atoms with E-state index in [4.69, 9.17) is 4.74 Å². The van der Waals surface area contributed by atoms with E-state index in [1.807, 2.05) is 0 Å². The summed E-state index contributed by atoms with van der Waals surface area (Å²) < 4.78 is 6.36. The van der Waals surface area contributed by atoms with Crippen molar-refractivity contribution in [2.45, 2.75) is 25.4 Å². The minimum absolute atomic E-state index is 0.0718. The Balaban J connectivity index is 1.96. The molecule has 0 spiro atoms. The monoisotopic (exact) mass is 356 g/mol. The van der Waals surface area contributed by atoms with E-state index in [-0.39, 0.29) is 29.6 Å². The number of pyridine rings is 2. The smallest absolute Gasteiger partial charge is 0.263 e. The van der Waals surface area contributed by atoms with Crippen molar-refractivity contribution >= 4 is 11.8 Å². The Labute approximate surface area is 150 Å². The predicted molar refractivity (Wildman–Crippen MR) is 94.5 cm³/mol. The lowest BCUT2D eigenvalue weighted by Gasteiger charge is -2.12. The summed E-state index contributed by atoms with van der Waals surface area (Å²) in [5, 5.41) is 5.30. The molecule has 26 heavy (non-hydrogen) atoms. The van der Waals surface area contributed by atoms with Gasteiger partial charge in [0.05, 0.1) is 19.2 Å². The van der Waals surface area contributed by atoms with E-state index >= 15 is 0 Å². The van der Waals surface area contributed by atoms with E-state index in [9.17, 15) is 14.4 Å². The maximum absolute atomic E-state index is 12.6. The molecule has 0 aromatic carbocycles. The normalized spacial score (nSPS) is 13.2. The van der Waals surface area contributed by atoms with Gasteiger partial charge in [-0.25, -0.2) is 4.98 Å². The number of ether oxygens (including phenoxy) is 1. The molecule has 0 radical (unpaired) electrons. The highest BCUT2D eigenvalue weighted by Crippen LogP contribution is 2.19. The minimum atomic E-state index is -0.530. The van der Waals surface area contributed by atoms with Crippen LogP contribution in [0.25, 0.3) is 0 Å². The van der Waals surface area contributed by atoms with Gasteiger partial charge in [-0.05, 0) is 24.5 Å². The third kappa shape index (κ3) is 3.90. The van der Waals surface area contributed by atoms with Crippen LogP contribution in [0.4, 0.5) is 0 Å². The first-order valence-corrected chi connectivity index (χ1v) is 8.28. The number of nitrogens with zero attached hydrogens (tertiary/aromatic N) is 2. The molecule has 8 nitrogen and oxygen atoms in total. The van der Waals surface area contributed by atoms with E-state index in [0.717, 1.165) is 18.4 Å². The number of aromatic nitrogens is 2. The number of rotatable bonds is 6. The van der Waals surface area contributed by atoms with Gasteiger partial charge in [0, 0.05) is 31.5 Å². The zero-order valence-corrected chi connectivity index (χ0v) is 14.6. The molecule has 2 aromatic rings. The van der Waals surface area contributed by atoms with Crippen molar-refractivity contribution in [1.29, 1.82) is 0 Å². The van der Waals surface area contributed by atoms with E-state index < -0.39 is 11.5 Å². The molecule has 0 saturated heterocycles. The van der Waals surface area contributed by atoms with Crippen molar-refractivity contribution in [3.05, 3.63) is 57.6 Å². The fraction of sp³-hybridized carbons (Fsp3) is 0.333. The van der Waals surface area contributed by atoms with Crippen LogP contribution in [0.1, 0.15) is 39.1 Å². The third-order valence-electron chi connectivity index (χ3n) is 4.09. The molecule has 8 heteroatoms. The average Bonchev–Trinajstić information content (AvgIpc) is 3.47. The number of hydrogen-bond acceptors (Lipinski definition) is 5. The molecule has 0 aliphatic heterocycles. The van der Waals surface area contributed by atoms with Crippen LogP contribution in [0.15, 0.2) is 35.4 Å². The lowest BCUT2D eigenvalue weighted by Crippen LogP contribution is -2.34. The molecule has 1 aliphatic carbocycles. The number of amides is 2. The molecule has 2 aromatic heterocycles. The molecule has 0 unspecified atom stereocenters. The molecule has 0 bridgehead atoms. The average molecular weight is 356 g/mol. The van der Waals surface area contributed by atoms with Crippen LogP contribution in [-0.4, -0.2) is 41.6 Å². The molecule has 1 fully saturated rings. The van der Waals surface area contributed by atoms with Gasteiger partial charge < -0.3 is 19.9 Å². The molecular weight excluding hydrogens is 336 g/mol. The largest absolute Gasteiger partial charge is 0.481 e. The first kappa shape index (κ1) is 17.7. The van der Waals surface area contributed by atoms with Gasteiger partial charge in [-0.15, -0.1) is 0 Å². The zero-order chi connectivity index (χ0) is 18.7. The second kappa shape index (κ2) is 7.38. The van der Waals surface area contributed by atoms with Gasteiger partial charge in [-0.3, -0.25) is 14.4 Å². The molecule has 0 atom stereocenters. The molecular formula is C18H20N4O4. The first-order chi connectivity index (χ1) is 12.5. The summed E-state index contributed by atoms with van der Waals surface area (Å²) in [4.78, 5) is 41.2. The summed E-state index contributed by atoms with van der Waals surface area (Å²) in [6, 6.07) is 4.97.